The van der Waals surface area contributed by atoms with E-state index in [0.717, 1.165) is 12.1 Å². The molecule has 0 aliphatic rings. The highest BCUT2D eigenvalue weighted by molar-refractivity contribution is 6.32. The molecule has 3 rings (SSSR count). The molecule has 5 nitrogen and oxygen atoms in total. The van der Waals surface area contributed by atoms with E-state index in [1.807, 2.05) is 0 Å². The minimum atomic E-state index is -1.52. The second kappa shape index (κ2) is 7.63. The normalized spacial score (nSPS) is 10.7. The Kier molecular flexibility index (Phi) is 5.27. The lowest BCUT2D eigenvalue weighted by Gasteiger charge is -2.05. The first-order valence-electron chi connectivity index (χ1n) is 7.62. The maximum atomic E-state index is 13.3. The SMILES string of the molecule is C=Cc1ncc(C(=O)Nc2cn(Cc3cc(F)c(F)c(F)c3)cn2)cc1Cl. The molecule has 0 saturated carbocycles. The zero-order chi connectivity index (χ0) is 19.6. The average molecular weight is 393 g/mol. The molecule has 1 N–H and O–H groups in total. The molecule has 0 radical (unpaired) electrons. The van der Waals surface area contributed by atoms with Crippen molar-refractivity contribution in [3.63, 3.8) is 0 Å². The summed E-state index contributed by atoms with van der Waals surface area (Å²) in [5.41, 5.74) is 0.886. The lowest BCUT2D eigenvalue weighted by molar-refractivity contribution is 0.102. The van der Waals surface area contributed by atoms with Crippen LogP contribution in [0.1, 0.15) is 21.6 Å². The molecular formula is C18H12ClF3N4O. The van der Waals surface area contributed by atoms with Crippen LogP contribution in [0.3, 0.4) is 0 Å². The molecule has 0 aliphatic carbocycles. The molecule has 3 aromatic rings. The Bertz CT molecular complexity index is 1010. The molecule has 0 saturated heterocycles. The monoisotopic (exact) mass is 392 g/mol. The molecule has 0 spiro atoms. The number of anilines is 1. The third-order valence-corrected chi connectivity index (χ3v) is 3.91. The van der Waals surface area contributed by atoms with Crippen molar-refractivity contribution in [1.29, 1.82) is 0 Å². The number of imidazole rings is 1. The summed E-state index contributed by atoms with van der Waals surface area (Å²) in [4.78, 5) is 20.2. The van der Waals surface area contributed by atoms with Crippen LogP contribution in [0, 0.1) is 17.5 Å². The number of aromatic nitrogens is 3. The largest absolute Gasteiger partial charge is 0.331 e. The van der Waals surface area contributed by atoms with Gasteiger partial charge in [0.15, 0.2) is 23.3 Å². The quantitative estimate of drug-likeness (QED) is 0.659. The smallest absolute Gasteiger partial charge is 0.258 e. The fourth-order valence-electron chi connectivity index (χ4n) is 2.33. The first kappa shape index (κ1) is 18.7. The molecule has 9 heteroatoms. The molecule has 138 valence electrons. The van der Waals surface area contributed by atoms with Crippen molar-refractivity contribution in [3.05, 3.63) is 82.8 Å². The number of hydrogen-bond donors (Lipinski definition) is 1. The number of hydrogen-bond acceptors (Lipinski definition) is 3. The fraction of sp³-hybridized carbons (Fsp3) is 0.0556. The molecule has 1 aromatic carbocycles. The highest BCUT2D eigenvalue weighted by Gasteiger charge is 2.13. The van der Waals surface area contributed by atoms with Gasteiger partial charge in [-0.3, -0.25) is 9.78 Å². The van der Waals surface area contributed by atoms with Crippen LogP contribution >= 0.6 is 11.6 Å². The van der Waals surface area contributed by atoms with Crippen molar-refractivity contribution in [2.45, 2.75) is 6.54 Å². The first-order valence-corrected chi connectivity index (χ1v) is 7.99. The van der Waals surface area contributed by atoms with Crippen molar-refractivity contribution in [1.82, 2.24) is 14.5 Å². The molecule has 0 bridgehead atoms. The number of benzene rings is 1. The van der Waals surface area contributed by atoms with Gasteiger partial charge in [-0.1, -0.05) is 18.2 Å². The second-order valence-electron chi connectivity index (χ2n) is 5.55. The van der Waals surface area contributed by atoms with Crippen molar-refractivity contribution < 1.29 is 18.0 Å². The third-order valence-electron chi connectivity index (χ3n) is 3.61. The summed E-state index contributed by atoms with van der Waals surface area (Å²) < 4.78 is 41.0. The molecule has 2 heterocycles. The number of rotatable bonds is 5. The molecular weight excluding hydrogens is 381 g/mol. The Morgan fingerprint density at radius 1 is 1.22 bits per heavy atom. The van der Waals surface area contributed by atoms with Gasteiger partial charge in [0.2, 0.25) is 0 Å². The van der Waals surface area contributed by atoms with Gasteiger partial charge in [-0.2, -0.15) is 0 Å². The van der Waals surface area contributed by atoms with E-state index in [9.17, 15) is 18.0 Å². The Labute approximate surface area is 157 Å². The van der Waals surface area contributed by atoms with Gasteiger partial charge >= 0.3 is 0 Å². The Morgan fingerprint density at radius 2 is 1.93 bits per heavy atom. The Hall–Kier alpha value is -3.13. The molecule has 2 aromatic heterocycles. The van der Waals surface area contributed by atoms with E-state index in [-0.39, 0.29) is 28.5 Å². The number of carbonyl (C=O) groups excluding carboxylic acids is 1. The van der Waals surface area contributed by atoms with Crippen LogP contribution in [-0.4, -0.2) is 20.4 Å². The van der Waals surface area contributed by atoms with Crippen molar-refractivity contribution in [2.75, 3.05) is 5.32 Å². The van der Waals surface area contributed by atoms with E-state index in [0.29, 0.717) is 5.69 Å². The number of nitrogens with zero attached hydrogens (tertiary/aromatic N) is 3. The standard InChI is InChI=1S/C18H12ClF3N4O/c1-2-15-12(19)5-11(6-23-15)18(27)25-16-8-26(9-24-16)7-10-3-13(20)17(22)14(21)4-10/h2-6,8-9H,1,7H2,(H,25,27). The topological polar surface area (TPSA) is 59.8 Å². The molecule has 0 atom stereocenters. The van der Waals surface area contributed by atoms with E-state index >= 15 is 0 Å². The van der Waals surface area contributed by atoms with E-state index in [1.165, 1.54) is 35.4 Å². The zero-order valence-corrected chi connectivity index (χ0v) is 14.5. The Balaban J connectivity index is 1.71. The third kappa shape index (κ3) is 4.17. The molecule has 0 fully saturated rings. The van der Waals surface area contributed by atoms with Crippen molar-refractivity contribution in [2.24, 2.45) is 0 Å². The van der Waals surface area contributed by atoms with Gasteiger partial charge in [0.05, 0.1) is 22.6 Å². The summed E-state index contributed by atoms with van der Waals surface area (Å²) in [6.07, 6.45) is 5.64. The minimum absolute atomic E-state index is 0.0401. The number of carbonyl (C=O) groups is 1. The number of halogens is 4. The number of amides is 1. The lowest BCUT2D eigenvalue weighted by Crippen LogP contribution is -2.12. The summed E-state index contributed by atoms with van der Waals surface area (Å²) in [5, 5.41) is 2.84. The summed E-state index contributed by atoms with van der Waals surface area (Å²) in [5.74, 6) is -4.33. The predicted molar refractivity (Wildman–Crippen MR) is 94.9 cm³/mol. The van der Waals surface area contributed by atoms with E-state index in [1.54, 1.807) is 0 Å². The van der Waals surface area contributed by atoms with Crippen LogP contribution in [0.15, 0.2) is 43.5 Å². The molecule has 27 heavy (non-hydrogen) atoms. The number of nitrogens with one attached hydrogen (secondary N) is 1. The van der Waals surface area contributed by atoms with Crippen LogP contribution in [0.5, 0.6) is 0 Å². The first-order chi connectivity index (χ1) is 12.9. The summed E-state index contributed by atoms with van der Waals surface area (Å²) in [7, 11) is 0. The van der Waals surface area contributed by atoms with Crippen LogP contribution < -0.4 is 5.32 Å². The Morgan fingerprint density at radius 3 is 2.56 bits per heavy atom. The van der Waals surface area contributed by atoms with Gasteiger partial charge in [-0.25, -0.2) is 18.2 Å². The van der Waals surface area contributed by atoms with Crippen molar-refractivity contribution in [3.8, 4) is 0 Å². The molecule has 0 unspecified atom stereocenters. The zero-order valence-electron chi connectivity index (χ0n) is 13.7. The summed E-state index contributed by atoms with van der Waals surface area (Å²) >= 11 is 5.99. The van der Waals surface area contributed by atoms with Crippen LogP contribution in [0.25, 0.3) is 6.08 Å². The van der Waals surface area contributed by atoms with Gasteiger partial charge in [-0.15, -0.1) is 0 Å². The van der Waals surface area contributed by atoms with E-state index in [4.69, 9.17) is 11.6 Å². The molecule has 1 amide bonds. The second-order valence-corrected chi connectivity index (χ2v) is 5.96. The number of pyridine rings is 1. The van der Waals surface area contributed by atoms with Gasteiger partial charge in [0.1, 0.15) is 0 Å². The van der Waals surface area contributed by atoms with Crippen LogP contribution in [-0.2, 0) is 6.54 Å². The summed E-state index contributed by atoms with van der Waals surface area (Å²) in [6.45, 7) is 3.60. The van der Waals surface area contributed by atoms with Gasteiger partial charge < -0.3 is 9.88 Å². The molecule has 0 aliphatic heterocycles. The van der Waals surface area contributed by atoms with Gasteiger partial charge in [0, 0.05) is 18.9 Å². The fourth-order valence-corrected chi connectivity index (χ4v) is 2.58. The highest BCUT2D eigenvalue weighted by Crippen LogP contribution is 2.18. The lowest BCUT2D eigenvalue weighted by atomic mass is 10.2. The highest BCUT2D eigenvalue weighted by atomic mass is 35.5. The van der Waals surface area contributed by atoms with Gasteiger partial charge in [0.25, 0.3) is 5.91 Å². The maximum Gasteiger partial charge on any atom is 0.258 e. The minimum Gasteiger partial charge on any atom is -0.331 e. The maximum absolute atomic E-state index is 13.3. The van der Waals surface area contributed by atoms with Crippen LogP contribution in [0.4, 0.5) is 19.0 Å². The van der Waals surface area contributed by atoms with Crippen LogP contribution in [0.2, 0.25) is 5.02 Å². The van der Waals surface area contributed by atoms with Gasteiger partial charge in [-0.05, 0) is 29.8 Å². The summed E-state index contributed by atoms with van der Waals surface area (Å²) in [6, 6.07) is 3.24. The van der Waals surface area contributed by atoms with E-state index in [2.05, 4.69) is 21.9 Å². The van der Waals surface area contributed by atoms with Crippen molar-refractivity contribution >= 4 is 29.4 Å². The van der Waals surface area contributed by atoms with E-state index < -0.39 is 23.4 Å². The average Bonchev–Trinajstić information content (AvgIpc) is 3.06. The predicted octanol–water partition coefficient (Wildman–Crippen LogP) is 4.29.